The van der Waals surface area contributed by atoms with Crippen molar-refractivity contribution >= 4 is 50.8 Å². The predicted molar refractivity (Wildman–Crippen MR) is 98.8 cm³/mol. The van der Waals surface area contributed by atoms with Crippen LogP contribution in [0.5, 0.6) is 0 Å². The summed E-state index contributed by atoms with van der Waals surface area (Å²) in [4.78, 5) is 28.6. The lowest BCUT2D eigenvalue weighted by Crippen LogP contribution is -2.25. The molecule has 1 aromatic carbocycles. The number of fused-ring (bicyclic) bond motifs is 1. The van der Waals surface area contributed by atoms with Crippen molar-refractivity contribution in [1.29, 1.82) is 0 Å². The number of hydrogen-bond donors (Lipinski definition) is 1. The Morgan fingerprint density at radius 2 is 2.24 bits per heavy atom. The molecule has 9 heteroatoms. The lowest BCUT2D eigenvalue weighted by atomic mass is 10.2. The first-order chi connectivity index (χ1) is 12.0. The van der Waals surface area contributed by atoms with E-state index < -0.39 is 5.82 Å². The molecule has 1 amide bonds. The molecule has 0 radical (unpaired) electrons. The molecule has 5 nitrogen and oxygen atoms in total. The number of hydrogen-bond acceptors (Lipinski definition) is 5. The van der Waals surface area contributed by atoms with Gasteiger partial charge in [-0.2, -0.15) is 0 Å². The van der Waals surface area contributed by atoms with Crippen molar-refractivity contribution in [3.05, 3.63) is 56.4 Å². The van der Waals surface area contributed by atoms with Crippen LogP contribution < -0.4 is 10.9 Å². The number of thiophene rings is 1. The molecule has 0 saturated carbocycles. The largest absolute Gasteiger partial charge is 0.351 e. The van der Waals surface area contributed by atoms with Crippen molar-refractivity contribution < 1.29 is 9.18 Å². The molecule has 0 atom stereocenters. The van der Waals surface area contributed by atoms with Gasteiger partial charge in [0.1, 0.15) is 10.5 Å². The Hall–Kier alpha value is -1.90. The van der Waals surface area contributed by atoms with Crippen LogP contribution in [0.4, 0.5) is 4.39 Å². The van der Waals surface area contributed by atoms with Crippen LogP contribution in [0.1, 0.15) is 5.56 Å². The quantitative estimate of drug-likeness (QED) is 0.530. The molecule has 0 fully saturated rings. The third kappa shape index (κ3) is 4.02. The maximum atomic E-state index is 13.1. The lowest BCUT2D eigenvalue weighted by Gasteiger charge is -2.08. The summed E-state index contributed by atoms with van der Waals surface area (Å²) >= 11 is 8.24. The molecule has 3 rings (SSSR count). The minimum atomic E-state index is -0.497. The molecule has 0 aliphatic heterocycles. The van der Waals surface area contributed by atoms with Gasteiger partial charge in [-0.05, 0) is 29.1 Å². The van der Waals surface area contributed by atoms with Gasteiger partial charge in [0.05, 0.1) is 16.3 Å². The summed E-state index contributed by atoms with van der Waals surface area (Å²) in [6, 6.07) is 6.07. The third-order valence-corrected chi connectivity index (χ3v) is 5.66. The number of benzene rings is 1. The van der Waals surface area contributed by atoms with E-state index >= 15 is 0 Å². The topological polar surface area (TPSA) is 64.0 Å². The molecule has 0 aliphatic carbocycles. The number of halogens is 2. The maximum Gasteiger partial charge on any atom is 0.271 e. The fourth-order valence-corrected chi connectivity index (χ4v) is 3.94. The van der Waals surface area contributed by atoms with Crippen LogP contribution in [0, 0.1) is 5.82 Å². The number of carbonyl (C=O) groups excluding carboxylic acids is 1. The van der Waals surface area contributed by atoms with Crippen LogP contribution in [0.15, 0.2) is 39.6 Å². The molecular weight excluding hydrogens is 385 g/mol. The number of aromatic nitrogens is 2. The van der Waals surface area contributed by atoms with Crippen molar-refractivity contribution in [3.8, 4) is 0 Å². The van der Waals surface area contributed by atoms with Crippen LogP contribution in [0.3, 0.4) is 0 Å². The second-order valence-electron chi connectivity index (χ2n) is 5.21. The Morgan fingerprint density at radius 1 is 1.44 bits per heavy atom. The SMILES string of the molecule is Cn1c(SCC(=O)NCc2ccc(F)c(Cl)c2)nc2ccsc2c1=O. The summed E-state index contributed by atoms with van der Waals surface area (Å²) in [5.74, 6) is -0.599. The molecule has 3 aromatic rings. The summed E-state index contributed by atoms with van der Waals surface area (Å²) in [6.07, 6.45) is 0. The van der Waals surface area contributed by atoms with Gasteiger partial charge in [0.2, 0.25) is 5.91 Å². The Labute approximate surface area is 155 Å². The molecule has 1 N–H and O–H groups in total. The van der Waals surface area contributed by atoms with E-state index in [0.717, 1.165) is 0 Å². The summed E-state index contributed by atoms with van der Waals surface area (Å²) in [7, 11) is 1.63. The first kappa shape index (κ1) is 17.9. The number of thioether (sulfide) groups is 1. The fourth-order valence-electron chi connectivity index (χ4n) is 2.13. The van der Waals surface area contributed by atoms with Crippen molar-refractivity contribution in [3.63, 3.8) is 0 Å². The van der Waals surface area contributed by atoms with Gasteiger partial charge in [-0.25, -0.2) is 9.37 Å². The van der Waals surface area contributed by atoms with E-state index in [0.29, 0.717) is 20.9 Å². The van der Waals surface area contributed by atoms with Gasteiger partial charge in [-0.15, -0.1) is 11.3 Å². The van der Waals surface area contributed by atoms with E-state index in [4.69, 9.17) is 11.6 Å². The predicted octanol–water partition coefficient (Wildman–Crippen LogP) is 3.20. The molecule has 0 saturated heterocycles. The summed E-state index contributed by atoms with van der Waals surface area (Å²) in [5.41, 5.74) is 1.22. The Morgan fingerprint density at radius 3 is 3.00 bits per heavy atom. The van der Waals surface area contributed by atoms with E-state index in [1.807, 2.05) is 5.38 Å². The molecule has 2 heterocycles. The zero-order chi connectivity index (χ0) is 18.0. The summed E-state index contributed by atoms with van der Waals surface area (Å²) in [5, 5.41) is 5.04. The average Bonchev–Trinajstić information content (AvgIpc) is 3.06. The van der Waals surface area contributed by atoms with Gasteiger partial charge in [0, 0.05) is 13.6 Å². The van der Waals surface area contributed by atoms with Crippen molar-refractivity contribution in [2.45, 2.75) is 11.7 Å². The summed E-state index contributed by atoms with van der Waals surface area (Å²) in [6.45, 7) is 0.245. The van der Waals surface area contributed by atoms with Crippen molar-refractivity contribution in [1.82, 2.24) is 14.9 Å². The minimum absolute atomic E-state index is 0.0180. The van der Waals surface area contributed by atoms with Crippen LogP contribution in [0.25, 0.3) is 10.2 Å². The summed E-state index contributed by atoms with van der Waals surface area (Å²) < 4.78 is 15.1. The highest BCUT2D eigenvalue weighted by Crippen LogP contribution is 2.20. The van der Waals surface area contributed by atoms with Gasteiger partial charge in [-0.1, -0.05) is 29.4 Å². The minimum Gasteiger partial charge on any atom is -0.351 e. The highest BCUT2D eigenvalue weighted by Gasteiger charge is 2.12. The Kier molecular flexibility index (Phi) is 5.41. The van der Waals surface area contributed by atoms with Gasteiger partial charge in [0.15, 0.2) is 5.16 Å². The van der Waals surface area contributed by atoms with E-state index in [1.54, 1.807) is 19.2 Å². The number of carbonyl (C=O) groups is 1. The zero-order valence-electron chi connectivity index (χ0n) is 13.1. The molecule has 0 aliphatic rings. The smallest absolute Gasteiger partial charge is 0.271 e. The van der Waals surface area contributed by atoms with E-state index in [9.17, 15) is 14.0 Å². The van der Waals surface area contributed by atoms with E-state index in [-0.39, 0.29) is 28.8 Å². The van der Waals surface area contributed by atoms with Crippen LogP contribution in [0.2, 0.25) is 5.02 Å². The zero-order valence-corrected chi connectivity index (χ0v) is 15.5. The average molecular weight is 398 g/mol. The van der Waals surface area contributed by atoms with Gasteiger partial charge < -0.3 is 5.32 Å². The molecule has 0 spiro atoms. The number of rotatable bonds is 5. The maximum absolute atomic E-state index is 13.1. The second kappa shape index (κ2) is 7.55. The highest BCUT2D eigenvalue weighted by atomic mass is 35.5. The van der Waals surface area contributed by atoms with Crippen molar-refractivity contribution in [2.75, 3.05) is 5.75 Å². The molecule has 0 bridgehead atoms. The van der Waals surface area contributed by atoms with Crippen LogP contribution >= 0.6 is 34.7 Å². The Balaban J connectivity index is 1.61. The standard InChI is InChI=1S/C16H13ClFN3O2S2/c1-21-15(23)14-12(4-5-24-14)20-16(21)25-8-13(22)19-7-9-2-3-11(18)10(17)6-9/h2-6H,7-8H2,1H3,(H,19,22). The normalized spacial score (nSPS) is 11.0. The van der Waals surface area contributed by atoms with E-state index in [1.165, 1.54) is 39.8 Å². The molecular formula is C16H13ClFN3O2S2. The monoisotopic (exact) mass is 397 g/mol. The Bertz CT molecular complexity index is 1000. The number of nitrogens with one attached hydrogen (secondary N) is 1. The van der Waals surface area contributed by atoms with Gasteiger partial charge in [0.25, 0.3) is 5.56 Å². The van der Waals surface area contributed by atoms with Gasteiger partial charge >= 0.3 is 0 Å². The van der Waals surface area contributed by atoms with Crippen LogP contribution in [-0.2, 0) is 18.4 Å². The molecule has 0 unspecified atom stereocenters. The second-order valence-corrected chi connectivity index (χ2v) is 7.47. The third-order valence-electron chi connectivity index (χ3n) is 3.45. The van der Waals surface area contributed by atoms with Crippen LogP contribution in [-0.4, -0.2) is 21.2 Å². The van der Waals surface area contributed by atoms with Crippen molar-refractivity contribution in [2.24, 2.45) is 7.05 Å². The van der Waals surface area contributed by atoms with Gasteiger partial charge in [-0.3, -0.25) is 14.2 Å². The lowest BCUT2D eigenvalue weighted by molar-refractivity contribution is -0.118. The molecule has 2 aromatic heterocycles. The molecule has 130 valence electrons. The fraction of sp³-hybridized carbons (Fsp3) is 0.188. The highest BCUT2D eigenvalue weighted by molar-refractivity contribution is 7.99. The van der Waals surface area contributed by atoms with E-state index in [2.05, 4.69) is 10.3 Å². The first-order valence-corrected chi connectivity index (χ1v) is 9.47. The molecule has 25 heavy (non-hydrogen) atoms. The first-order valence-electron chi connectivity index (χ1n) is 7.23. The number of nitrogens with zero attached hydrogens (tertiary/aromatic N) is 2. The number of amides is 1.